The first-order valence-corrected chi connectivity index (χ1v) is 6.14. The average Bonchev–Trinajstić information content (AvgIpc) is 2.33. The minimum Gasteiger partial charge on any atom is -0.380 e. The van der Waals surface area contributed by atoms with Gasteiger partial charge in [-0.2, -0.15) is 0 Å². The molecule has 0 unspecified atom stereocenters. The second-order valence-electron chi connectivity index (χ2n) is 5.43. The van der Waals surface area contributed by atoms with Crippen LogP contribution >= 0.6 is 0 Å². The number of hydrogen-bond donors (Lipinski definition) is 1. The van der Waals surface area contributed by atoms with E-state index in [-0.39, 0.29) is 11.3 Å². The molecule has 18 heavy (non-hydrogen) atoms. The molecule has 0 atom stereocenters. The Morgan fingerprint density at radius 3 is 2.39 bits per heavy atom. The van der Waals surface area contributed by atoms with Crippen LogP contribution < -0.4 is 10.2 Å². The molecule has 1 amide bonds. The third-order valence-corrected chi connectivity index (χ3v) is 3.22. The molecule has 0 saturated carbocycles. The van der Waals surface area contributed by atoms with Gasteiger partial charge in [-0.05, 0) is 24.3 Å². The summed E-state index contributed by atoms with van der Waals surface area (Å²) in [6.45, 7) is 4.24. The second-order valence-corrected chi connectivity index (χ2v) is 5.43. The first-order valence-electron chi connectivity index (χ1n) is 6.14. The van der Waals surface area contributed by atoms with Crippen molar-refractivity contribution in [3.05, 3.63) is 29.8 Å². The van der Waals surface area contributed by atoms with Gasteiger partial charge >= 0.3 is 0 Å². The summed E-state index contributed by atoms with van der Waals surface area (Å²) in [7, 11) is 3.96. The fraction of sp³-hybridized carbons (Fsp3) is 0.500. The van der Waals surface area contributed by atoms with Crippen LogP contribution in [0.5, 0.6) is 0 Å². The van der Waals surface area contributed by atoms with Crippen molar-refractivity contribution in [3.63, 3.8) is 0 Å². The van der Waals surface area contributed by atoms with Crippen LogP contribution in [0.2, 0.25) is 0 Å². The molecule has 0 spiro atoms. The van der Waals surface area contributed by atoms with E-state index in [0.717, 1.165) is 18.9 Å². The van der Waals surface area contributed by atoms with Crippen molar-refractivity contribution in [1.29, 1.82) is 0 Å². The summed E-state index contributed by atoms with van der Waals surface area (Å²) in [5.74, 6) is -0.0200. The van der Waals surface area contributed by atoms with Crippen LogP contribution in [-0.4, -0.2) is 39.8 Å². The van der Waals surface area contributed by atoms with Gasteiger partial charge < -0.3 is 15.0 Å². The van der Waals surface area contributed by atoms with Gasteiger partial charge in [0, 0.05) is 37.3 Å². The zero-order valence-corrected chi connectivity index (χ0v) is 11.2. The summed E-state index contributed by atoms with van der Waals surface area (Å²) < 4.78 is 5.16. The number of carbonyl (C=O) groups is 1. The smallest absolute Gasteiger partial charge is 0.251 e. The van der Waals surface area contributed by atoms with Crippen molar-refractivity contribution in [1.82, 2.24) is 5.32 Å². The normalized spacial score (nSPS) is 16.8. The largest absolute Gasteiger partial charge is 0.380 e. The highest BCUT2D eigenvalue weighted by atomic mass is 16.5. The molecule has 98 valence electrons. The minimum absolute atomic E-state index is 0.0200. The highest BCUT2D eigenvalue weighted by Gasteiger charge is 2.33. The van der Waals surface area contributed by atoms with E-state index in [2.05, 4.69) is 12.2 Å². The number of amides is 1. The van der Waals surface area contributed by atoms with Crippen molar-refractivity contribution in [2.75, 3.05) is 38.8 Å². The molecule has 1 aliphatic rings. The summed E-state index contributed by atoms with van der Waals surface area (Å²) in [6, 6.07) is 7.60. The van der Waals surface area contributed by atoms with E-state index in [0.29, 0.717) is 12.1 Å². The lowest BCUT2D eigenvalue weighted by atomic mass is 9.88. The number of nitrogens with zero attached hydrogens (tertiary/aromatic N) is 1. The summed E-state index contributed by atoms with van der Waals surface area (Å²) >= 11 is 0. The molecule has 1 N–H and O–H groups in total. The molecule has 1 heterocycles. The third-order valence-electron chi connectivity index (χ3n) is 3.22. The minimum atomic E-state index is -0.0200. The summed E-state index contributed by atoms with van der Waals surface area (Å²) in [5, 5.41) is 2.96. The molecule has 1 aliphatic heterocycles. The van der Waals surface area contributed by atoms with Crippen LogP contribution in [0.1, 0.15) is 17.3 Å². The Morgan fingerprint density at radius 2 is 1.94 bits per heavy atom. The highest BCUT2D eigenvalue weighted by Crippen LogP contribution is 2.25. The van der Waals surface area contributed by atoms with Crippen molar-refractivity contribution in [2.24, 2.45) is 5.41 Å². The van der Waals surface area contributed by atoms with Crippen LogP contribution in [0.3, 0.4) is 0 Å². The molecule has 1 fully saturated rings. The van der Waals surface area contributed by atoms with Gasteiger partial charge in [0.1, 0.15) is 0 Å². The lowest BCUT2D eigenvalue weighted by Gasteiger charge is -2.38. The maximum atomic E-state index is 11.9. The lowest BCUT2D eigenvalue weighted by Crippen LogP contribution is -2.48. The number of hydrogen-bond acceptors (Lipinski definition) is 3. The summed E-state index contributed by atoms with van der Waals surface area (Å²) in [5.41, 5.74) is 1.90. The van der Waals surface area contributed by atoms with E-state index in [9.17, 15) is 4.79 Å². The van der Waals surface area contributed by atoms with Crippen molar-refractivity contribution >= 4 is 11.6 Å². The van der Waals surface area contributed by atoms with E-state index < -0.39 is 0 Å². The number of nitrogens with one attached hydrogen (secondary N) is 1. The maximum absolute atomic E-state index is 11.9. The van der Waals surface area contributed by atoms with E-state index in [1.54, 1.807) is 0 Å². The van der Waals surface area contributed by atoms with Gasteiger partial charge in [-0.25, -0.2) is 0 Å². The summed E-state index contributed by atoms with van der Waals surface area (Å²) in [6.07, 6.45) is 0. The first kappa shape index (κ1) is 12.9. The molecule has 4 heteroatoms. The van der Waals surface area contributed by atoms with Crippen LogP contribution in [0.25, 0.3) is 0 Å². The highest BCUT2D eigenvalue weighted by molar-refractivity contribution is 5.94. The Kier molecular flexibility index (Phi) is 3.57. The molecule has 2 rings (SSSR count). The van der Waals surface area contributed by atoms with Gasteiger partial charge in [-0.15, -0.1) is 0 Å². The molecule has 4 nitrogen and oxygen atoms in total. The van der Waals surface area contributed by atoms with Gasteiger partial charge in [0.2, 0.25) is 0 Å². The SMILES string of the molecule is CN(C)c1ccc(C(=O)NCC2(C)COC2)cc1. The molecule has 0 radical (unpaired) electrons. The predicted molar refractivity (Wildman–Crippen MR) is 72.0 cm³/mol. The lowest BCUT2D eigenvalue weighted by molar-refractivity contribution is -0.0978. The number of carbonyl (C=O) groups excluding carboxylic acids is 1. The standard InChI is InChI=1S/C14H20N2O2/c1-14(9-18-10-14)8-15-13(17)11-4-6-12(7-5-11)16(2)3/h4-7H,8-10H2,1-3H3,(H,15,17). The quantitative estimate of drug-likeness (QED) is 0.878. The fourth-order valence-corrected chi connectivity index (χ4v) is 1.86. The topological polar surface area (TPSA) is 41.6 Å². The molecular weight excluding hydrogens is 228 g/mol. The molecule has 0 bridgehead atoms. The van der Waals surface area contributed by atoms with Gasteiger partial charge in [-0.3, -0.25) is 4.79 Å². The first-order chi connectivity index (χ1) is 8.50. The Hall–Kier alpha value is -1.55. The average molecular weight is 248 g/mol. The fourth-order valence-electron chi connectivity index (χ4n) is 1.86. The number of benzene rings is 1. The van der Waals surface area contributed by atoms with Crippen LogP contribution in [-0.2, 0) is 4.74 Å². The Labute approximate surface area is 108 Å². The molecule has 1 aromatic rings. The Bertz CT molecular complexity index is 422. The zero-order valence-electron chi connectivity index (χ0n) is 11.2. The van der Waals surface area contributed by atoms with Gasteiger partial charge in [-0.1, -0.05) is 6.92 Å². The summed E-state index contributed by atoms with van der Waals surface area (Å²) in [4.78, 5) is 14.0. The molecule has 1 aromatic carbocycles. The van der Waals surface area contributed by atoms with E-state index in [1.165, 1.54) is 0 Å². The number of ether oxygens (including phenoxy) is 1. The van der Waals surface area contributed by atoms with Crippen molar-refractivity contribution < 1.29 is 9.53 Å². The third kappa shape index (κ3) is 2.82. The Balaban J connectivity index is 1.92. The van der Waals surface area contributed by atoms with E-state index in [4.69, 9.17) is 4.74 Å². The number of rotatable bonds is 4. The van der Waals surface area contributed by atoms with Crippen LogP contribution in [0.4, 0.5) is 5.69 Å². The molecule has 1 saturated heterocycles. The monoisotopic (exact) mass is 248 g/mol. The zero-order chi connectivity index (χ0) is 13.2. The molecule has 0 aromatic heterocycles. The predicted octanol–water partition coefficient (Wildman–Crippen LogP) is 1.52. The molecular formula is C14H20N2O2. The van der Waals surface area contributed by atoms with Crippen molar-refractivity contribution in [3.8, 4) is 0 Å². The van der Waals surface area contributed by atoms with Crippen LogP contribution in [0.15, 0.2) is 24.3 Å². The maximum Gasteiger partial charge on any atom is 0.251 e. The van der Waals surface area contributed by atoms with E-state index >= 15 is 0 Å². The van der Waals surface area contributed by atoms with Gasteiger partial charge in [0.15, 0.2) is 0 Å². The second kappa shape index (κ2) is 4.98. The Morgan fingerprint density at radius 1 is 1.33 bits per heavy atom. The van der Waals surface area contributed by atoms with Gasteiger partial charge in [0.25, 0.3) is 5.91 Å². The van der Waals surface area contributed by atoms with Crippen molar-refractivity contribution in [2.45, 2.75) is 6.92 Å². The van der Waals surface area contributed by atoms with Crippen LogP contribution in [0, 0.1) is 5.41 Å². The molecule has 0 aliphatic carbocycles. The van der Waals surface area contributed by atoms with Gasteiger partial charge in [0.05, 0.1) is 13.2 Å². The number of anilines is 1. The van der Waals surface area contributed by atoms with E-state index in [1.807, 2.05) is 43.3 Å².